The molecular weight excluding hydrogens is 232 g/mol. The molecule has 98 valence electrons. The summed E-state index contributed by atoms with van der Waals surface area (Å²) in [5.74, 6) is 4.58. The number of benzene rings is 1. The van der Waals surface area contributed by atoms with Crippen molar-refractivity contribution in [2.24, 2.45) is 17.5 Å². The van der Waals surface area contributed by atoms with E-state index in [4.69, 9.17) is 11.6 Å². The molecule has 6 nitrogen and oxygen atoms in total. The summed E-state index contributed by atoms with van der Waals surface area (Å²) in [7, 11) is 0. The molecule has 0 heterocycles. The SMILES string of the molecule is CC(C)C(NN)C(=O)Nc1cccc(C(N)=O)c1. The average molecular weight is 250 g/mol. The smallest absolute Gasteiger partial charge is 0.248 e. The van der Waals surface area contributed by atoms with Gasteiger partial charge in [0, 0.05) is 11.3 Å². The number of amides is 2. The summed E-state index contributed by atoms with van der Waals surface area (Å²) in [6.45, 7) is 3.76. The summed E-state index contributed by atoms with van der Waals surface area (Å²) in [6, 6.07) is 5.93. The van der Waals surface area contributed by atoms with Crippen LogP contribution < -0.4 is 22.3 Å². The van der Waals surface area contributed by atoms with Gasteiger partial charge in [0.2, 0.25) is 11.8 Å². The van der Waals surface area contributed by atoms with Crippen molar-refractivity contribution in [3.63, 3.8) is 0 Å². The van der Waals surface area contributed by atoms with Crippen LogP contribution in [0, 0.1) is 5.92 Å². The second-order valence-electron chi connectivity index (χ2n) is 4.32. The van der Waals surface area contributed by atoms with Crippen molar-refractivity contribution in [1.82, 2.24) is 5.43 Å². The van der Waals surface area contributed by atoms with E-state index in [0.29, 0.717) is 11.3 Å². The molecule has 0 aliphatic carbocycles. The topological polar surface area (TPSA) is 110 Å². The molecule has 0 aliphatic heterocycles. The molecule has 1 unspecified atom stereocenters. The number of nitrogens with two attached hydrogens (primary N) is 2. The molecule has 6 N–H and O–H groups in total. The maximum absolute atomic E-state index is 11.9. The number of carbonyl (C=O) groups is 2. The van der Waals surface area contributed by atoms with E-state index in [1.54, 1.807) is 18.2 Å². The maximum Gasteiger partial charge on any atom is 0.248 e. The largest absolute Gasteiger partial charge is 0.366 e. The highest BCUT2D eigenvalue weighted by molar-refractivity contribution is 5.98. The first-order valence-electron chi connectivity index (χ1n) is 5.62. The highest BCUT2D eigenvalue weighted by atomic mass is 16.2. The minimum Gasteiger partial charge on any atom is -0.366 e. The van der Waals surface area contributed by atoms with Gasteiger partial charge in [-0.3, -0.25) is 15.4 Å². The Balaban J connectivity index is 2.81. The minimum atomic E-state index is -0.538. The standard InChI is InChI=1S/C12H18N4O2/c1-7(2)10(16-14)12(18)15-9-5-3-4-8(6-9)11(13)17/h3-7,10,16H,14H2,1-2H3,(H2,13,17)(H,15,18). The molecule has 0 aromatic heterocycles. The Kier molecular flexibility index (Phi) is 4.82. The monoisotopic (exact) mass is 250 g/mol. The average Bonchev–Trinajstić information content (AvgIpc) is 2.29. The van der Waals surface area contributed by atoms with Crippen molar-refractivity contribution in [2.45, 2.75) is 19.9 Å². The summed E-state index contributed by atoms with van der Waals surface area (Å²) in [5, 5.41) is 2.68. The Morgan fingerprint density at radius 2 is 1.94 bits per heavy atom. The lowest BCUT2D eigenvalue weighted by molar-refractivity contribution is -0.119. The van der Waals surface area contributed by atoms with Crippen LogP contribution in [0.15, 0.2) is 24.3 Å². The maximum atomic E-state index is 11.9. The predicted molar refractivity (Wildman–Crippen MR) is 69.5 cm³/mol. The van der Waals surface area contributed by atoms with Gasteiger partial charge in [0.25, 0.3) is 0 Å². The van der Waals surface area contributed by atoms with E-state index in [2.05, 4.69) is 10.7 Å². The highest BCUT2D eigenvalue weighted by Gasteiger charge is 2.20. The van der Waals surface area contributed by atoms with Crippen molar-refractivity contribution >= 4 is 17.5 Å². The Bertz CT molecular complexity index is 445. The van der Waals surface area contributed by atoms with Crippen LogP contribution in [-0.2, 0) is 4.79 Å². The Hall–Kier alpha value is -1.92. The highest BCUT2D eigenvalue weighted by Crippen LogP contribution is 2.12. The van der Waals surface area contributed by atoms with Gasteiger partial charge in [-0.2, -0.15) is 0 Å². The summed E-state index contributed by atoms with van der Waals surface area (Å²) in [4.78, 5) is 22.9. The van der Waals surface area contributed by atoms with Crippen LogP contribution in [0.5, 0.6) is 0 Å². The van der Waals surface area contributed by atoms with Crippen LogP contribution in [0.2, 0.25) is 0 Å². The van der Waals surface area contributed by atoms with Crippen LogP contribution in [0.4, 0.5) is 5.69 Å². The van der Waals surface area contributed by atoms with E-state index in [-0.39, 0.29) is 11.8 Å². The first-order valence-corrected chi connectivity index (χ1v) is 5.62. The van der Waals surface area contributed by atoms with Gasteiger partial charge in [-0.05, 0) is 24.1 Å². The van der Waals surface area contributed by atoms with Crippen molar-refractivity contribution in [3.8, 4) is 0 Å². The molecule has 0 radical (unpaired) electrons. The van der Waals surface area contributed by atoms with Crippen molar-refractivity contribution in [2.75, 3.05) is 5.32 Å². The van der Waals surface area contributed by atoms with Gasteiger partial charge in [0.15, 0.2) is 0 Å². The fourth-order valence-corrected chi connectivity index (χ4v) is 1.54. The molecule has 1 aromatic rings. The number of hydrogen-bond acceptors (Lipinski definition) is 4. The van der Waals surface area contributed by atoms with Gasteiger partial charge >= 0.3 is 0 Å². The predicted octanol–water partition coefficient (Wildman–Crippen LogP) is 0.212. The number of carbonyl (C=O) groups excluding carboxylic acids is 2. The summed E-state index contributed by atoms with van der Waals surface area (Å²) in [5.41, 5.74) is 8.47. The Labute approximate surface area is 106 Å². The molecule has 0 fully saturated rings. The first-order chi connectivity index (χ1) is 8.45. The molecule has 0 bridgehead atoms. The van der Waals surface area contributed by atoms with Crippen molar-refractivity contribution in [1.29, 1.82) is 0 Å². The van der Waals surface area contributed by atoms with Crippen LogP contribution in [0.3, 0.4) is 0 Å². The van der Waals surface area contributed by atoms with Gasteiger partial charge in [-0.25, -0.2) is 5.43 Å². The zero-order valence-corrected chi connectivity index (χ0v) is 10.4. The lowest BCUT2D eigenvalue weighted by Crippen LogP contribution is -2.47. The van der Waals surface area contributed by atoms with E-state index in [1.807, 2.05) is 13.8 Å². The van der Waals surface area contributed by atoms with Gasteiger partial charge in [0.1, 0.15) is 6.04 Å². The molecule has 1 aromatic carbocycles. The summed E-state index contributed by atoms with van der Waals surface area (Å²) >= 11 is 0. The number of anilines is 1. The molecule has 18 heavy (non-hydrogen) atoms. The van der Waals surface area contributed by atoms with Gasteiger partial charge in [-0.15, -0.1) is 0 Å². The number of rotatable bonds is 5. The third-order valence-electron chi connectivity index (χ3n) is 2.54. The zero-order valence-electron chi connectivity index (χ0n) is 10.4. The second-order valence-corrected chi connectivity index (χ2v) is 4.32. The number of hydrogen-bond donors (Lipinski definition) is 4. The lowest BCUT2D eigenvalue weighted by Gasteiger charge is -2.19. The molecule has 0 spiro atoms. The number of hydrazine groups is 1. The molecular formula is C12H18N4O2. The molecule has 0 saturated carbocycles. The fourth-order valence-electron chi connectivity index (χ4n) is 1.54. The Morgan fingerprint density at radius 1 is 1.28 bits per heavy atom. The quantitative estimate of drug-likeness (QED) is 0.442. The van der Waals surface area contributed by atoms with E-state index in [0.717, 1.165) is 0 Å². The van der Waals surface area contributed by atoms with Crippen LogP contribution in [0.1, 0.15) is 24.2 Å². The molecule has 6 heteroatoms. The van der Waals surface area contributed by atoms with Crippen molar-refractivity contribution in [3.05, 3.63) is 29.8 Å². The normalized spacial score (nSPS) is 12.2. The van der Waals surface area contributed by atoms with E-state index in [1.165, 1.54) is 6.07 Å². The summed E-state index contributed by atoms with van der Waals surface area (Å²) < 4.78 is 0. The second kappa shape index (κ2) is 6.13. The zero-order chi connectivity index (χ0) is 13.7. The molecule has 1 atom stereocenters. The Morgan fingerprint density at radius 3 is 2.44 bits per heavy atom. The van der Waals surface area contributed by atoms with Gasteiger partial charge in [-0.1, -0.05) is 19.9 Å². The third kappa shape index (κ3) is 3.54. The molecule has 2 amide bonds. The molecule has 0 aliphatic rings. The van der Waals surface area contributed by atoms with Crippen molar-refractivity contribution < 1.29 is 9.59 Å². The fraction of sp³-hybridized carbons (Fsp3) is 0.333. The number of nitrogens with one attached hydrogen (secondary N) is 2. The molecule has 1 rings (SSSR count). The van der Waals surface area contributed by atoms with Crippen LogP contribution in [0.25, 0.3) is 0 Å². The first kappa shape index (κ1) is 14.1. The van der Waals surface area contributed by atoms with E-state index >= 15 is 0 Å². The van der Waals surface area contributed by atoms with E-state index < -0.39 is 11.9 Å². The van der Waals surface area contributed by atoms with Crippen LogP contribution >= 0.6 is 0 Å². The van der Waals surface area contributed by atoms with E-state index in [9.17, 15) is 9.59 Å². The minimum absolute atomic E-state index is 0.0503. The third-order valence-corrected chi connectivity index (χ3v) is 2.54. The summed E-state index contributed by atoms with van der Waals surface area (Å²) in [6.07, 6.45) is 0. The van der Waals surface area contributed by atoms with Gasteiger partial charge in [0.05, 0.1) is 0 Å². The lowest BCUT2D eigenvalue weighted by atomic mass is 10.0. The van der Waals surface area contributed by atoms with Gasteiger partial charge < -0.3 is 11.1 Å². The van der Waals surface area contributed by atoms with Crippen LogP contribution in [-0.4, -0.2) is 17.9 Å². The molecule has 0 saturated heterocycles. The number of primary amides is 1.